The van der Waals surface area contributed by atoms with Crippen LogP contribution in [0.5, 0.6) is 0 Å². The molecule has 5 nitrogen and oxygen atoms in total. The number of anilines is 1. The molecule has 24 heavy (non-hydrogen) atoms. The van der Waals surface area contributed by atoms with Crippen LogP contribution >= 0.6 is 11.3 Å². The standard InChI is InChI=1S/C17H21NO4S2/c1-5-22-15(19)11-18(24(20,21)16-7-6-8-23-16)17-13(3)9-12(2)10-14(17)4/h6-10H,5,11H2,1-4H3. The third kappa shape index (κ3) is 3.79. The second-order valence-corrected chi connectivity index (χ2v) is 8.53. The van der Waals surface area contributed by atoms with Crippen LogP contribution in [0.15, 0.2) is 33.9 Å². The van der Waals surface area contributed by atoms with Gasteiger partial charge in [0.1, 0.15) is 10.8 Å². The van der Waals surface area contributed by atoms with E-state index in [9.17, 15) is 13.2 Å². The maximum absolute atomic E-state index is 13.1. The van der Waals surface area contributed by atoms with Crippen LogP contribution in [0.4, 0.5) is 5.69 Å². The summed E-state index contributed by atoms with van der Waals surface area (Å²) in [6, 6.07) is 7.03. The number of carbonyl (C=O) groups excluding carboxylic acids is 1. The average molecular weight is 367 g/mol. The minimum Gasteiger partial charge on any atom is -0.465 e. The Hall–Kier alpha value is -1.86. The Bertz CT molecular complexity index is 803. The molecule has 130 valence electrons. The summed E-state index contributed by atoms with van der Waals surface area (Å²) in [7, 11) is -3.83. The maximum Gasteiger partial charge on any atom is 0.326 e. The van der Waals surface area contributed by atoms with E-state index in [1.54, 1.807) is 18.4 Å². The number of benzene rings is 1. The first-order valence-corrected chi connectivity index (χ1v) is 9.89. The van der Waals surface area contributed by atoms with Crippen molar-refractivity contribution < 1.29 is 17.9 Å². The zero-order chi connectivity index (χ0) is 17.9. The monoisotopic (exact) mass is 367 g/mol. The van der Waals surface area contributed by atoms with Gasteiger partial charge in [-0.25, -0.2) is 8.42 Å². The van der Waals surface area contributed by atoms with Crippen molar-refractivity contribution in [1.82, 2.24) is 0 Å². The zero-order valence-electron chi connectivity index (χ0n) is 14.2. The molecule has 0 unspecified atom stereocenters. The fourth-order valence-electron chi connectivity index (χ4n) is 2.69. The zero-order valence-corrected chi connectivity index (χ0v) is 15.8. The lowest BCUT2D eigenvalue weighted by Crippen LogP contribution is -2.37. The van der Waals surface area contributed by atoms with Gasteiger partial charge in [0.2, 0.25) is 0 Å². The summed E-state index contributed by atoms with van der Waals surface area (Å²) in [5.41, 5.74) is 3.18. The van der Waals surface area contributed by atoms with Gasteiger partial charge in [0, 0.05) is 0 Å². The molecule has 0 bridgehead atoms. The Balaban J connectivity index is 2.58. The molecule has 0 atom stereocenters. The smallest absolute Gasteiger partial charge is 0.326 e. The molecule has 0 saturated carbocycles. The Morgan fingerprint density at radius 3 is 2.33 bits per heavy atom. The van der Waals surface area contributed by atoms with E-state index in [4.69, 9.17) is 4.74 Å². The topological polar surface area (TPSA) is 63.7 Å². The summed E-state index contributed by atoms with van der Waals surface area (Å²) < 4.78 is 32.4. The molecule has 1 aromatic heterocycles. The number of esters is 1. The Labute approximate surface area is 146 Å². The lowest BCUT2D eigenvalue weighted by atomic mass is 10.1. The highest BCUT2D eigenvalue weighted by atomic mass is 32.2. The van der Waals surface area contributed by atoms with Crippen LogP contribution in [0, 0.1) is 20.8 Å². The van der Waals surface area contributed by atoms with Crippen molar-refractivity contribution in [2.24, 2.45) is 0 Å². The summed E-state index contributed by atoms with van der Waals surface area (Å²) in [6.45, 7) is 7.19. The number of carbonyl (C=O) groups is 1. The van der Waals surface area contributed by atoms with Gasteiger partial charge in [-0.05, 0) is 50.3 Å². The number of aryl methyl sites for hydroxylation is 3. The highest BCUT2D eigenvalue weighted by molar-refractivity contribution is 7.94. The van der Waals surface area contributed by atoms with E-state index in [2.05, 4.69) is 0 Å². The molecule has 7 heteroatoms. The van der Waals surface area contributed by atoms with Crippen LogP contribution in [-0.4, -0.2) is 27.5 Å². The van der Waals surface area contributed by atoms with Crippen LogP contribution in [0.2, 0.25) is 0 Å². The summed E-state index contributed by atoms with van der Waals surface area (Å²) in [5.74, 6) is -0.572. The van der Waals surface area contributed by atoms with Crippen molar-refractivity contribution >= 4 is 33.0 Å². The molecule has 0 spiro atoms. The van der Waals surface area contributed by atoms with E-state index in [0.29, 0.717) is 5.69 Å². The third-order valence-electron chi connectivity index (χ3n) is 3.50. The Morgan fingerprint density at radius 1 is 1.21 bits per heavy atom. The van der Waals surface area contributed by atoms with Gasteiger partial charge in [0.05, 0.1) is 12.3 Å². The van der Waals surface area contributed by atoms with Gasteiger partial charge in [0.25, 0.3) is 10.0 Å². The van der Waals surface area contributed by atoms with Crippen LogP contribution in [-0.2, 0) is 19.6 Å². The fraction of sp³-hybridized carbons (Fsp3) is 0.353. The van der Waals surface area contributed by atoms with Crippen molar-refractivity contribution in [2.75, 3.05) is 17.5 Å². The highest BCUT2D eigenvalue weighted by Gasteiger charge is 2.30. The predicted molar refractivity (Wildman–Crippen MR) is 96.1 cm³/mol. The van der Waals surface area contributed by atoms with E-state index in [1.165, 1.54) is 6.07 Å². The molecular weight excluding hydrogens is 346 g/mol. The van der Waals surface area contributed by atoms with Crippen molar-refractivity contribution in [3.8, 4) is 0 Å². The van der Waals surface area contributed by atoms with E-state index in [1.807, 2.05) is 32.9 Å². The largest absolute Gasteiger partial charge is 0.465 e. The molecule has 0 aliphatic rings. The minimum absolute atomic E-state index is 0.200. The van der Waals surface area contributed by atoms with Crippen molar-refractivity contribution in [3.05, 3.63) is 46.3 Å². The van der Waals surface area contributed by atoms with Crippen molar-refractivity contribution in [1.29, 1.82) is 0 Å². The Morgan fingerprint density at radius 2 is 1.83 bits per heavy atom. The maximum atomic E-state index is 13.1. The molecule has 0 amide bonds. The first-order chi connectivity index (χ1) is 11.3. The molecule has 2 rings (SSSR count). The summed E-state index contributed by atoms with van der Waals surface area (Å²) in [6.07, 6.45) is 0. The first-order valence-electron chi connectivity index (χ1n) is 7.57. The SMILES string of the molecule is CCOC(=O)CN(c1c(C)cc(C)cc1C)S(=O)(=O)c1cccs1. The fourth-order valence-corrected chi connectivity index (χ4v) is 5.34. The van der Waals surface area contributed by atoms with E-state index >= 15 is 0 Å². The number of rotatable bonds is 6. The number of hydrogen-bond acceptors (Lipinski definition) is 5. The van der Waals surface area contributed by atoms with Crippen molar-refractivity contribution in [2.45, 2.75) is 31.9 Å². The van der Waals surface area contributed by atoms with Crippen LogP contribution < -0.4 is 4.31 Å². The third-order valence-corrected chi connectivity index (χ3v) is 6.62. The minimum atomic E-state index is -3.83. The number of ether oxygens (including phenoxy) is 1. The van der Waals surface area contributed by atoms with Gasteiger partial charge >= 0.3 is 5.97 Å². The number of thiophene rings is 1. The van der Waals surface area contributed by atoms with Gasteiger partial charge in [0.15, 0.2) is 0 Å². The normalized spacial score (nSPS) is 11.3. The number of nitrogens with zero attached hydrogens (tertiary/aromatic N) is 1. The molecule has 0 radical (unpaired) electrons. The molecule has 0 aliphatic carbocycles. The van der Waals surface area contributed by atoms with E-state index in [-0.39, 0.29) is 17.4 Å². The molecule has 0 saturated heterocycles. The highest BCUT2D eigenvalue weighted by Crippen LogP contribution is 2.32. The predicted octanol–water partition coefficient (Wildman–Crippen LogP) is 3.43. The lowest BCUT2D eigenvalue weighted by Gasteiger charge is -2.26. The van der Waals surface area contributed by atoms with Gasteiger partial charge < -0.3 is 4.74 Å². The van der Waals surface area contributed by atoms with Gasteiger partial charge in [-0.1, -0.05) is 23.8 Å². The number of sulfonamides is 1. The molecule has 0 aliphatic heterocycles. The molecular formula is C17H21NO4S2. The van der Waals surface area contributed by atoms with Gasteiger partial charge in [-0.15, -0.1) is 11.3 Å². The van der Waals surface area contributed by atoms with Crippen molar-refractivity contribution in [3.63, 3.8) is 0 Å². The second-order valence-electron chi connectivity index (χ2n) is 5.50. The van der Waals surface area contributed by atoms with Crippen LogP contribution in [0.1, 0.15) is 23.6 Å². The summed E-state index contributed by atoms with van der Waals surface area (Å²) in [4.78, 5) is 12.0. The number of hydrogen-bond donors (Lipinski definition) is 0. The molecule has 1 heterocycles. The first kappa shape index (κ1) is 18.5. The average Bonchev–Trinajstić information content (AvgIpc) is 3.00. The second kappa shape index (κ2) is 7.36. The van der Waals surface area contributed by atoms with Gasteiger partial charge in [-0.2, -0.15) is 0 Å². The summed E-state index contributed by atoms with van der Waals surface area (Å²) in [5, 5.41) is 1.70. The lowest BCUT2D eigenvalue weighted by molar-refractivity contribution is -0.141. The van der Waals surface area contributed by atoms with Crippen LogP contribution in [0.3, 0.4) is 0 Å². The quantitative estimate of drug-likeness (QED) is 0.734. The van der Waals surface area contributed by atoms with Crippen LogP contribution in [0.25, 0.3) is 0 Å². The Kier molecular flexibility index (Phi) is 5.66. The van der Waals surface area contributed by atoms with Gasteiger partial charge in [-0.3, -0.25) is 9.10 Å². The summed E-state index contributed by atoms with van der Waals surface area (Å²) >= 11 is 1.13. The molecule has 1 aromatic carbocycles. The molecule has 0 N–H and O–H groups in total. The molecule has 0 fully saturated rings. The van der Waals surface area contributed by atoms with E-state index in [0.717, 1.165) is 32.3 Å². The van der Waals surface area contributed by atoms with E-state index < -0.39 is 16.0 Å². The molecule has 2 aromatic rings.